The summed E-state index contributed by atoms with van der Waals surface area (Å²) in [6.45, 7) is 3.15. The van der Waals surface area contributed by atoms with Gasteiger partial charge in [0.1, 0.15) is 0 Å². The Morgan fingerprint density at radius 3 is 2.83 bits per heavy atom. The van der Waals surface area contributed by atoms with Gasteiger partial charge in [-0.05, 0) is 36.5 Å². The van der Waals surface area contributed by atoms with Gasteiger partial charge >= 0.3 is 0 Å². The fourth-order valence-corrected chi connectivity index (χ4v) is 3.22. The topological polar surface area (TPSA) is 61.4 Å². The van der Waals surface area contributed by atoms with Gasteiger partial charge in [-0.2, -0.15) is 11.3 Å². The lowest BCUT2D eigenvalue weighted by molar-refractivity contribution is 0.0767. The molecule has 1 aliphatic rings. The average Bonchev–Trinajstić information content (AvgIpc) is 2.98. The van der Waals surface area contributed by atoms with Crippen LogP contribution in [0.2, 0.25) is 0 Å². The number of para-hydroxylation sites is 1. The van der Waals surface area contributed by atoms with E-state index in [1.54, 1.807) is 23.6 Å². The monoisotopic (exact) mass is 329 g/mol. The third kappa shape index (κ3) is 3.78. The molecule has 0 atom stereocenters. The van der Waals surface area contributed by atoms with Crippen molar-refractivity contribution in [1.82, 2.24) is 10.2 Å². The van der Waals surface area contributed by atoms with Crippen LogP contribution in [0.15, 0.2) is 41.1 Å². The Bertz CT molecular complexity index is 677. The maximum Gasteiger partial charge on any atom is 0.256 e. The Balaban J connectivity index is 1.79. The zero-order chi connectivity index (χ0) is 16.1. The number of thiophene rings is 1. The second-order valence-corrected chi connectivity index (χ2v) is 6.19. The molecule has 5 nitrogen and oxygen atoms in total. The predicted octanol–water partition coefficient (Wildman–Crippen LogP) is 2.44. The minimum absolute atomic E-state index is 0.0325. The highest BCUT2D eigenvalue weighted by Gasteiger charge is 2.20. The molecule has 2 aromatic rings. The van der Waals surface area contributed by atoms with Crippen LogP contribution in [0.3, 0.4) is 0 Å². The van der Waals surface area contributed by atoms with Crippen molar-refractivity contribution in [3.63, 3.8) is 0 Å². The molecule has 120 valence electrons. The molecule has 1 saturated heterocycles. The largest absolute Gasteiger partial charge is 0.337 e. The van der Waals surface area contributed by atoms with Gasteiger partial charge in [-0.25, -0.2) is 0 Å². The SMILES string of the molecule is O=C(Nc1ccccc1C(=O)N1CCCNCC1)c1ccsc1. The minimum atomic E-state index is -0.191. The van der Waals surface area contributed by atoms with Crippen molar-refractivity contribution in [3.8, 4) is 0 Å². The summed E-state index contributed by atoms with van der Waals surface area (Å²) < 4.78 is 0. The predicted molar refractivity (Wildman–Crippen MR) is 92.1 cm³/mol. The normalized spacial score (nSPS) is 15.0. The van der Waals surface area contributed by atoms with Gasteiger partial charge in [-0.15, -0.1) is 0 Å². The van der Waals surface area contributed by atoms with Gasteiger partial charge in [0.25, 0.3) is 11.8 Å². The number of carbonyl (C=O) groups is 2. The summed E-state index contributed by atoms with van der Waals surface area (Å²) in [7, 11) is 0. The number of anilines is 1. The van der Waals surface area contributed by atoms with Crippen LogP contribution in [-0.2, 0) is 0 Å². The Kier molecular flexibility index (Phi) is 5.05. The van der Waals surface area contributed by atoms with Gasteiger partial charge in [0.05, 0.1) is 16.8 Å². The molecule has 0 aliphatic carbocycles. The number of rotatable bonds is 3. The van der Waals surface area contributed by atoms with Gasteiger partial charge in [0, 0.05) is 25.0 Å². The highest BCUT2D eigenvalue weighted by molar-refractivity contribution is 7.08. The molecule has 2 N–H and O–H groups in total. The van der Waals surface area contributed by atoms with Gasteiger partial charge in [-0.3, -0.25) is 9.59 Å². The summed E-state index contributed by atoms with van der Waals surface area (Å²) in [5.74, 6) is -0.223. The van der Waals surface area contributed by atoms with E-state index in [0.717, 1.165) is 26.1 Å². The summed E-state index contributed by atoms with van der Waals surface area (Å²) in [4.78, 5) is 26.9. The molecule has 3 rings (SSSR count). The van der Waals surface area contributed by atoms with Crippen LogP contribution in [-0.4, -0.2) is 42.9 Å². The summed E-state index contributed by atoms with van der Waals surface area (Å²) in [5, 5.41) is 9.79. The fourth-order valence-electron chi connectivity index (χ4n) is 2.59. The van der Waals surface area contributed by atoms with Crippen LogP contribution in [0.4, 0.5) is 5.69 Å². The van der Waals surface area contributed by atoms with E-state index in [0.29, 0.717) is 23.4 Å². The van der Waals surface area contributed by atoms with Gasteiger partial charge in [0.15, 0.2) is 0 Å². The zero-order valence-corrected chi connectivity index (χ0v) is 13.6. The van der Waals surface area contributed by atoms with Crippen molar-refractivity contribution in [2.75, 3.05) is 31.5 Å². The number of hydrogen-bond donors (Lipinski definition) is 2. The smallest absolute Gasteiger partial charge is 0.256 e. The maximum atomic E-state index is 12.8. The highest BCUT2D eigenvalue weighted by Crippen LogP contribution is 2.19. The molecule has 0 saturated carbocycles. The molecule has 0 spiro atoms. The summed E-state index contributed by atoms with van der Waals surface area (Å²) in [6, 6.07) is 8.95. The third-order valence-corrected chi connectivity index (χ3v) is 4.50. The first-order valence-corrected chi connectivity index (χ1v) is 8.62. The summed E-state index contributed by atoms with van der Waals surface area (Å²) in [6.07, 6.45) is 0.940. The standard InChI is InChI=1S/C17H19N3O2S/c21-16(13-6-11-23-12-13)19-15-5-2-1-4-14(15)17(22)20-9-3-7-18-8-10-20/h1-2,4-6,11-12,18H,3,7-10H2,(H,19,21). The molecule has 1 aromatic carbocycles. The van der Waals surface area contributed by atoms with E-state index in [1.807, 2.05) is 22.4 Å². The molecular formula is C17H19N3O2S. The molecule has 2 heterocycles. The quantitative estimate of drug-likeness (QED) is 0.909. The van der Waals surface area contributed by atoms with Gasteiger partial charge in [0.2, 0.25) is 0 Å². The molecule has 23 heavy (non-hydrogen) atoms. The molecule has 1 fully saturated rings. The second kappa shape index (κ2) is 7.39. The van der Waals surface area contributed by atoms with Crippen molar-refractivity contribution in [2.45, 2.75) is 6.42 Å². The Hall–Kier alpha value is -2.18. The van der Waals surface area contributed by atoms with E-state index in [2.05, 4.69) is 10.6 Å². The fraction of sp³-hybridized carbons (Fsp3) is 0.294. The molecular weight excluding hydrogens is 310 g/mol. The third-order valence-electron chi connectivity index (χ3n) is 3.82. The van der Waals surface area contributed by atoms with Gasteiger partial charge in [-0.1, -0.05) is 12.1 Å². The van der Waals surface area contributed by atoms with Gasteiger partial charge < -0.3 is 15.5 Å². The number of hydrogen-bond acceptors (Lipinski definition) is 4. The summed E-state index contributed by atoms with van der Waals surface area (Å²) >= 11 is 1.47. The van der Waals surface area contributed by atoms with Crippen LogP contribution < -0.4 is 10.6 Å². The first-order chi connectivity index (χ1) is 11.3. The van der Waals surface area contributed by atoms with Crippen LogP contribution in [0, 0.1) is 0 Å². The number of benzene rings is 1. The Labute approximate surface area is 139 Å². The van der Waals surface area contributed by atoms with E-state index < -0.39 is 0 Å². The van der Waals surface area contributed by atoms with Crippen LogP contribution >= 0.6 is 11.3 Å². The maximum absolute atomic E-state index is 12.8. The summed E-state index contributed by atoms with van der Waals surface area (Å²) in [5.41, 5.74) is 1.71. The zero-order valence-electron chi connectivity index (χ0n) is 12.7. The molecule has 1 aromatic heterocycles. The highest BCUT2D eigenvalue weighted by atomic mass is 32.1. The molecule has 0 bridgehead atoms. The Morgan fingerprint density at radius 2 is 2.00 bits per heavy atom. The van der Waals surface area contributed by atoms with Crippen LogP contribution in [0.5, 0.6) is 0 Å². The van der Waals surface area contributed by atoms with Crippen LogP contribution in [0.25, 0.3) is 0 Å². The van der Waals surface area contributed by atoms with E-state index >= 15 is 0 Å². The van der Waals surface area contributed by atoms with Crippen molar-refractivity contribution in [3.05, 3.63) is 52.2 Å². The lowest BCUT2D eigenvalue weighted by Gasteiger charge is -2.21. The lowest BCUT2D eigenvalue weighted by Crippen LogP contribution is -2.34. The lowest BCUT2D eigenvalue weighted by atomic mass is 10.1. The molecule has 0 unspecified atom stereocenters. The van der Waals surface area contributed by atoms with Crippen molar-refractivity contribution in [2.24, 2.45) is 0 Å². The minimum Gasteiger partial charge on any atom is -0.337 e. The molecule has 0 radical (unpaired) electrons. The van der Waals surface area contributed by atoms with E-state index in [4.69, 9.17) is 0 Å². The first-order valence-electron chi connectivity index (χ1n) is 7.68. The molecule has 6 heteroatoms. The second-order valence-electron chi connectivity index (χ2n) is 5.41. The number of amides is 2. The van der Waals surface area contributed by atoms with Crippen LogP contribution in [0.1, 0.15) is 27.1 Å². The first kappa shape index (κ1) is 15.7. The number of nitrogens with zero attached hydrogens (tertiary/aromatic N) is 1. The van der Waals surface area contributed by atoms with E-state index in [1.165, 1.54) is 11.3 Å². The van der Waals surface area contributed by atoms with Crippen molar-refractivity contribution >= 4 is 28.8 Å². The van der Waals surface area contributed by atoms with E-state index in [-0.39, 0.29) is 11.8 Å². The van der Waals surface area contributed by atoms with E-state index in [9.17, 15) is 9.59 Å². The number of nitrogens with one attached hydrogen (secondary N) is 2. The molecule has 1 aliphatic heterocycles. The number of carbonyl (C=O) groups excluding carboxylic acids is 2. The van der Waals surface area contributed by atoms with Crippen molar-refractivity contribution < 1.29 is 9.59 Å². The molecule has 2 amide bonds. The Morgan fingerprint density at radius 1 is 1.13 bits per heavy atom. The average molecular weight is 329 g/mol. The van der Waals surface area contributed by atoms with Crippen molar-refractivity contribution in [1.29, 1.82) is 0 Å².